The normalized spacial score (nSPS) is 22.0. The summed E-state index contributed by atoms with van der Waals surface area (Å²) in [6, 6.07) is 6.07. The average Bonchev–Trinajstić information content (AvgIpc) is 3.69. The van der Waals surface area contributed by atoms with Crippen LogP contribution in [0.15, 0.2) is 41.5 Å². The van der Waals surface area contributed by atoms with E-state index in [9.17, 15) is 13.6 Å². The summed E-state index contributed by atoms with van der Waals surface area (Å²) in [6.07, 6.45) is 3.60. The summed E-state index contributed by atoms with van der Waals surface area (Å²) >= 11 is 6.01. The van der Waals surface area contributed by atoms with Gasteiger partial charge >= 0.3 is 0 Å². The molecule has 0 bridgehead atoms. The Balaban J connectivity index is 1.22. The van der Waals surface area contributed by atoms with Crippen LogP contribution in [-0.4, -0.2) is 62.6 Å². The number of anilines is 1. The number of morpholine rings is 1. The van der Waals surface area contributed by atoms with Gasteiger partial charge in [-0.25, -0.2) is 23.1 Å². The number of hydrogen-bond donors (Lipinski definition) is 0. The molecule has 214 valence electrons. The highest BCUT2D eigenvalue weighted by Gasteiger charge is 2.41. The first kappa shape index (κ1) is 26.4. The van der Waals surface area contributed by atoms with E-state index in [-0.39, 0.29) is 40.9 Å². The fourth-order valence-corrected chi connectivity index (χ4v) is 5.98. The molecule has 0 spiro atoms. The molecule has 4 aromatic rings. The predicted octanol–water partition coefficient (Wildman–Crippen LogP) is 4.40. The largest absolute Gasteiger partial charge is 0.370 e. The van der Waals surface area contributed by atoms with Gasteiger partial charge < -0.3 is 14.4 Å². The van der Waals surface area contributed by atoms with Gasteiger partial charge in [-0.2, -0.15) is 5.10 Å². The van der Waals surface area contributed by atoms with Crippen molar-refractivity contribution in [2.45, 2.75) is 50.5 Å². The standard InChI is InChI=1S/C28H26ClF3N6O3/c29-17-3-4-19(21(30)8-17)25-26-20(27(39)38-5-1-2-23(38)34-26)9-24(35-25)36-6-7-40-22(14-36)16-11-33-37(12-16)13-18-10-28(31,32)15-41-18/h3-4,8-9,11-12,18,22H,1-2,5-7,10,13-15H2/t18?,22-/m1/s1. The maximum absolute atomic E-state index is 15.2. The van der Waals surface area contributed by atoms with Crippen molar-refractivity contribution in [3.05, 3.63) is 69.2 Å². The monoisotopic (exact) mass is 586 g/mol. The molecule has 13 heteroatoms. The van der Waals surface area contributed by atoms with Gasteiger partial charge in [0.2, 0.25) is 0 Å². The van der Waals surface area contributed by atoms with Crippen molar-refractivity contribution >= 4 is 28.3 Å². The van der Waals surface area contributed by atoms with Crippen LogP contribution in [0.5, 0.6) is 0 Å². The van der Waals surface area contributed by atoms with Gasteiger partial charge in [0.05, 0.1) is 30.8 Å². The van der Waals surface area contributed by atoms with Gasteiger partial charge in [0.25, 0.3) is 11.5 Å². The Morgan fingerprint density at radius 2 is 2.02 bits per heavy atom. The summed E-state index contributed by atoms with van der Waals surface area (Å²) in [6.45, 7) is 1.50. The van der Waals surface area contributed by atoms with Crippen molar-refractivity contribution in [2.24, 2.45) is 0 Å². The molecule has 1 unspecified atom stereocenters. The van der Waals surface area contributed by atoms with E-state index in [1.165, 1.54) is 6.07 Å². The number of alkyl halides is 2. The summed E-state index contributed by atoms with van der Waals surface area (Å²) in [7, 11) is 0. The minimum Gasteiger partial charge on any atom is -0.370 e. The highest BCUT2D eigenvalue weighted by Crippen LogP contribution is 2.34. The van der Waals surface area contributed by atoms with E-state index in [0.717, 1.165) is 12.0 Å². The number of benzene rings is 1. The van der Waals surface area contributed by atoms with Crippen molar-refractivity contribution in [3.63, 3.8) is 0 Å². The summed E-state index contributed by atoms with van der Waals surface area (Å²) in [4.78, 5) is 25.1. The molecule has 0 radical (unpaired) electrons. The van der Waals surface area contributed by atoms with Gasteiger partial charge in [-0.15, -0.1) is 0 Å². The van der Waals surface area contributed by atoms with Crippen molar-refractivity contribution in [1.29, 1.82) is 0 Å². The van der Waals surface area contributed by atoms with Crippen LogP contribution in [0.25, 0.3) is 22.2 Å². The van der Waals surface area contributed by atoms with Crippen LogP contribution in [0, 0.1) is 5.82 Å². The fourth-order valence-electron chi connectivity index (χ4n) is 5.82. The van der Waals surface area contributed by atoms with E-state index < -0.39 is 24.5 Å². The second-order valence-electron chi connectivity index (χ2n) is 10.7. The second kappa shape index (κ2) is 10.1. The molecule has 3 aliphatic rings. The number of halogens is 4. The highest BCUT2D eigenvalue weighted by atomic mass is 35.5. The van der Waals surface area contributed by atoms with Crippen LogP contribution in [0.2, 0.25) is 5.02 Å². The van der Waals surface area contributed by atoms with E-state index in [1.54, 1.807) is 39.8 Å². The molecule has 0 N–H and O–H groups in total. The Labute approximate surface area is 237 Å². The Hall–Kier alpha value is -3.48. The quantitative estimate of drug-likeness (QED) is 0.343. The molecule has 2 fully saturated rings. The molecule has 3 aromatic heterocycles. The van der Waals surface area contributed by atoms with Gasteiger partial charge in [0, 0.05) is 54.8 Å². The van der Waals surface area contributed by atoms with Crippen molar-refractivity contribution in [2.75, 3.05) is 31.2 Å². The van der Waals surface area contributed by atoms with Crippen LogP contribution >= 0.6 is 11.6 Å². The molecule has 1 aromatic carbocycles. The molecular weight excluding hydrogens is 561 g/mol. The molecule has 0 aliphatic carbocycles. The number of ether oxygens (including phenoxy) is 2. The number of fused-ring (bicyclic) bond motifs is 2. The third-order valence-electron chi connectivity index (χ3n) is 7.84. The molecule has 0 saturated carbocycles. The average molecular weight is 587 g/mol. The molecule has 6 heterocycles. The van der Waals surface area contributed by atoms with Gasteiger partial charge in [0.1, 0.15) is 41.4 Å². The smallest absolute Gasteiger partial charge is 0.273 e. The topological polar surface area (TPSA) is 87.3 Å². The first-order chi connectivity index (χ1) is 19.7. The molecule has 2 saturated heterocycles. The third kappa shape index (κ3) is 4.98. The minimum atomic E-state index is -2.81. The molecule has 41 heavy (non-hydrogen) atoms. The Morgan fingerprint density at radius 3 is 2.83 bits per heavy atom. The van der Waals surface area contributed by atoms with Crippen molar-refractivity contribution in [1.82, 2.24) is 24.3 Å². The summed E-state index contributed by atoms with van der Waals surface area (Å²) in [5.41, 5.74) is 1.46. The number of rotatable bonds is 5. The lowest BCUT2D eigenvalue weighted by atomic mass is 10.1. The van der Waals surface area contributed by atoms with Crippen LogP contribution < -0.4 is 10.5 Å². The van der Waals surface area contributed by atoms with Gasteiger partial charge in [-0.3, -0.25) is 14.0 Å². The summed E-state index contributed by atoms with van der Waals surface area (Å²) in [5.74, 6) is -2.20. The van der Waals surface area contributed by atoms with E-state index in [4.69, 9.17) is 31.0 Å². The molecule has 0 amide bonds. The van der Waals surface area contributed by atoms with Gasteiger partial charge in [0.15, 0.2) is 0 Å². The van der Waals surface area contributed by atoms with Gasteiger partial charge in [-0.05, 0) is 30.7 Å². The number of nitrogens with zero attached hydrogens (tertiary/aromatic N) is 6. The zero-order valence-corrected chi connectivity index (χ0v) is 22.7. The molecule has 9 nitrogen and oxygen atoms in total. The minimum absolute atomic E-state index is 0.174. The first-order valence-corrected chi connectivity index (χ1v) is 13.9. The number of aryl methyl sites for hydroxylation is 1. The van der Waals surface area contributed by atoms with Crippen molar-refractivity contribution in [3.8, 4) is 11.3 Å². The number of hydrogen-bond acceptors (Lipinski definition) is 7. The molecule has 7 rings (SSSR count). The van der Waals surface area contributed by atoms with E-state index >= 15 is 4.39 Å². The highest BCUT2D eigenvalue weighted by molar-refractivity contribution is 6.30. The fraction of sp³-hybridized carbons (Fsp3) is 0.429. The lowest BCUT2D eigenvalue weighted by Gasteiger charge is -2.33. The maximum Gasteiger partial charge on any atom is 0.273 e. The van der Waals surface area contributed by atoms with Crippen LogP contribution in [0.4, 0.5) is 19.0 Å². The predicted molar refractivity (Wildman–Crippen MR) is 145 cm³/mol. The number of pyridine rings is 1. The second-order valence-corrected chi connectivity index (χ2v) is 11.2. The molecule has 2 atom stereocenters. The number of aromatic nitrogens is 5. The Morgan fingerprint density at radius 1 is 1.15 bits per heavy atom. The first-order valence-electron chi connectivity index (χ1n) is 13.5. The van der Waals surface area contributed by atoms with E-state index in [1.807, 2.05) is 4.90 Å². The van der Waals surface area contributed by atoms with E-state index in [2.05, 4.69) is 5.10 Å². The Bertz CT molecular complexity index is 1710. The summed E-state index contributed by atoms with van der Waals surface area (Å²) < 4.78 is 56.7. The Kier molecular flexibility index (Phi) is 6.51. The van der Waals surface area contributed by atoms with Gasteiger partial charge in [-0.1, -0.05) is 11.6 Å². The zero-order valence-electron chi connectivity index (χ0n) is 21.9. The maximum atomic E-state index is 15.2. The zero-order chi connectivity index (χ0) is 28.3. The lowest BCUT2D eigenvalue weighted by Crippen LogP contribution is -2.39. The lowest BCUT2D eigenvalue weighted by molar-refractivity contribution is -0.0107. The van der Waals surface area contributed by atoms with Crippen LogP contribution in [-0.2, 0) is 29.0 Å². The van der Waals surface area contributed by atoms with Crippen LogP contribution in [0.1, 0.15) is 30.3 Å². The molecular formula is C28H26ClF3N6O3. The van der Waals surface area contributed by atoms with Crippen molar-refractivity contribution < 1.29 is 22.6 Å². The SMILES string of the molecule is O=c1c2cc(N3CCO[C@@H](c4cnn(CC5CC(F)(F)CO5)c4)C3)nc(-c3ccc(Cl)cc3F)c2nc2n1CCC2. The summed E-state index contributed by atoms with van der Waals surface area (Å²) in [5, 5.41) is 4.95. The molecule has 3 aliphatic heterocycles. The third-order valence-corrected chi connectivity index (χ3v) is 8.07. The van der Waals surface area contributed by atoms with E-state index in [0.29, 0.717) is 55.2 Å². The van der Waals surface area contributed by atoms with Crippen LogP contribution in [0.3, 0.4) is 0 Å².